The molecule has 21 heavy (non-hydrogen) atoms. The number of alkyl halides is 3. The molecule has 112 valence electrons. The molecule has 0 bridgehead atoms. The number of benzene rings is 1. The average Bonchev–Trinajstić information content (AvgIpc) is 3.07. The fraction of sp³-hybridized carbons (Fsp3) is 0.400. The van der Waals surface area contributed by atoms with Crippen molar-refractivity contribution < 1.29 is 13.2 Å². The first-order chi connectivity index (χ1) is 9.88. The van der Waals surface area contributed by atoms with Crippen LogP contribution < -0.4 is 5.73 Å². The summed E-state index contributed by atoms with van der Waals surface area (Å²) in [4.78, 5) is 4.54. The molecule has 0 saturated heterocycles. The Balaban J connectivity index is 1.86. The van der Waals surface area contributed by atoms with Gasteiger partial charge in [-0.2, -0.15) is 13.2 Å². The normalized spacial score (nSPS) is 18.1. The Morgan fingerprint density at radius 1 is 1.10 bits per heavy atom. The van der Waals surface area contributed by atoms with Crippen molar-refractivity contribution in [2.24, 2.45) is 5.73 Å². The van der Waals surface area contributed by atoms with Gasteiger partial charge in [0.1, 0.15) is 5.01 Å². The summed E-state index contributed by atoms with van der Waals surface area (Å²) >= 11 is 1.49. The van der Waals surface area contributed by atoms with E-state index in [9.17, 15) is 13.2 Å². The van der Waals surface area contributed by atoms with Gasteiger partial charge in [0.25, 0.3) is 0 Å². The van der Waals surface area contributed by atoms with Gasteiger partial charge >= 0.3 is 6.18 Å². The van der Waals surface area contributed by atoms with Crippen LogP contribution in [0.25, 0.3) is 11.3 Å². The second kappa shape index (κ2) is 5.10. The van der Waals surface area contributed by atoms with Crippen LogP contribution in [0.4, 0.5) is 13.2 Å². The Morgan fingerprint density at radius 3 is 2.29 bits per heavy atom. The number of aromatic nitrogens is 1. The highest BCUT2D eigenvalue weighted by molar-refractivity contribution is 7.10. The highest BCUT2D eigenvalue weighted by Crippen LogP contribution is 2.39. The van der Waals surface area contributed by atoms with E-state index in [1.807, 2.05) is 5.38 Å². The summed E-state index contributed by atoms with van der Waals surface area (Å²) in [5, 5.41) is 2.75. The van der Waals surface area contributed by atoms with Crippen molar-refractivity contribution >= 4 is 11.3 Å². The van der Waals surface area contributed by atoms with E-state index in [1.54, 1.807) is 0 Å². The van der Waals surface area contributed by atoms with Gasteiger partial charge in [-0.05, 0) is 25.0 Å². The Kier molecular flexibility index (Phi) is 3.53. The van der Waals surface area contributed by atoms with E-state index in [0.29, 0.717) is 11.3 Å². The number of halogens is 3. The lowest BCUT2D eigenvalue weighted by Crippen LogP contribution is -2.32. The lowest BCUT2D eigenvalue weighted by atomic mass is 10.0. The summed E-state index contributed by atoms with van der Waals surface area (Å²) in [6.45, 7) is 0. The van der Waals surface area contributed by atoms with Crippen molar-refractivity contribution in [2.75, 3.05) is 0 Å². The highest BCUT2D eigenvalue weighted by Gasteiger charge is 2.34. The second-order valence-corrected chi connectivity index (χ2v) is 6.33. The maximum absolute atomic E-state index is 12.6. The van der Waals surface area contributed by atoms with E-state index in [0.717, 1.165) is 42.8 Å². The molecular weight excluding hydrogens is 297 g/mol. The fourth-order valence-corrected chi connectivity index (χ4v) is 3.69. The van der Waals surface area contributed by atoms with Gasteiger partial charge in [-0.25, -0.2) is 4.98 Å². The van der Waals surface area contributed by atoms with Crippen LogP contribution in [0.1, 0.15) is 36.3 Å². The van der Waals surface area contributed by atoms with Crippen LogP contribution in [0.3, 0.4) is 0 Å². The molecule has 2 nitrogen and oxygen atoms in total. The molecule has 0 spiro atoms. The number of hydrogen-bond acceptors (Lipinski definition) is 3. The molecule has 0 unspecified atom stereocenters. The largest absolute Gasteiger partial charge is 0.416 e. The van der Waals surface area contributed by atoms with Crippen molar-refractivity contribution in [3.63, 3.8) is 0 Å². The van der Waals surface area contributed by atoms with E-state index < -0.39 is 11.7 Å². The molecule has 1 aromatic heterocycles. The summed E-state index contributed by atoms with van der Waals surface area (Å²) in [6.07, 6.45) is -0.256. The molecule has 1 aliphatic rings. The molecule has 0 aliphatic heterocycles. The van der Waals surface area contributed by atoms with Crippen LogP contribution in [-0.4, -0.2) is 4.98 Å². The van der Waals surface area contributed by atoms with Crippen molar-refractivity contribution in [3.05, 3.63) is 40.2 Å². The van der Waals surface area contributed by atoms with E-state index in [4.69, 9.17) is 5.73 Å². The van der Waals surface area contributed by atoms with E-state index in [1.165, 1.54) is 23.5 Å². The van der Waals surface area contributed by atoms with Crippen LogP contribution >= 0.6 is 11.3 Å². The molecule has 0 amide bonds. The molecular formula is C15H15F3N2S. The average molecular weight is 312 g/mol. The van der Waals surface area contributed by atoms with Gasteiger partial charge in [0.15, 0.2) is 0 Å². The van der Waals surface area contributed by atoms with Crippen LogP contribution in [0, 0.1) is 0 Å². The SMILES string of the molecule is NC1(c2nc(-c3ccc(C(F)(F)F)cc3)cs2)CCCC1. The first-order valence-electron chi connectivity index (χ1n) is 6.81. The van der Waals surface area contributed by atoms with Gasteiger partial charge < -0.3 is 5.73 Å². The minimum atomic E-state index is -4.31. The minimum absolute atomic E-state index is 0.352. The minimum Gasteiger partial charge on any atom is -0.319 e. The summed E-state index contributed by atoms with van der Waals surface area (Å²) in [5.74, 6) is 0. The zero-order valence-corrected chi connectivity index (χ0v) is 12.1. The maximum Gasteiger partial charge on any atom is 0.416 e. The first kappa shape index (κ1) is 14.5. The van der Waals surface area contributed by atoms with Crippen LogP contribution in [-0.2, 0) is 11.7 Å². The van der Waals surface area contributed by atoms with Crippen LogP contribution in [0.15, 0.2) is 29.6 Å². The Labute approximate surface area is 124 Å². The van der Waals surface area contributed by atoms with Crippen molar-refractivity contribution in [2.45, 2.75) is 37.4 Å². The second-order valence-electron chi connectivity index (χ2n) is 5.48. The van der Waals surface area contributed by atoms with Gasteiger partial charge in [-0.1, -0.05) is 25.0 Å². The fourth-order valence-electron chi connectivity index (χ4n) is 2.68. The number of nitrogens with zero attached hydrogens (tertiary/aromatic N) is 1. The quantitative estimate of drug-likeness (QED) is 0.883. The third-order valence-corrected chi connectivity index (χ3v) is 5.00. The summed E-state index contributed by atoms with van der Waals surface area (Å²) in [7, 11) is 0. The smallest absolute Gasteiger partial charge is 0.319 e. The van der Waals surface area contributed by atoms with Gasteiger partial charge in [0.2, 0.25) is 0 Å². The zero-order valence-electron chi connectivity index (χ0n) is 11.3. The summed E-state index contributed by atoms with van der Waals surface area (Å²) in [6, 6.07) is 5.09. The van der Waals surface area contributed by atoms with Gasteiger partial charge in [0.05, 0.1) is 16.8 Å². The molecule has 1 saturated carbocycles. The molecule has 0 radical (unpaired) electrons. The Bertz CT molecular complexity index is 625. The van der Waals surface area contributed by atoms with Gasteiger partial charge in [-0.15, -0.1) is 11.3 Å². The third kappa shape index (κ3) is 2.82. The molecule has 2 aromatic rings. The van der Waals surface area contributed by atoms with Crippen LogP contribution in [0.5, 0.6) is 0 Å². The molecule has 1 aliphatic carbocycles. The molecule has 1 aromatic carbocycles. The van der Waals surface area contributed by atoms with Gasteiger partial charge in [-0.3, -0.25) is 0 Å². The van der Waals surface area contributed by atoms with E-state index in [2.05, 4.69) is 4.98 Å². The Hall–Kier alpha value is -1.40. The van der Waals surface area contributed by atoms with E-state index >= 15 is 0 Å². The highest BCUT2D eigenvalue weighted by atomic mass is 32.1. The monoisotopic (exact) mass is 312 g/mol. The molecule has 6 heteroatoms. The van der Waals surface area contributed by atoms with Crippen molar-refractivity contribution in [3.8, 4) is 11.3 Å². The van der Waals surface area contributed by atoms with E-state index in [-0.39, 0.29) is 5.54 Å². The van der Waals surface area contributed by atoms with Crippen molar-refractivity contribution in [1.82, 2.24) is 4.98 Å². The summed E-state index contributed by atoms with van der Waals surface area (Å²) in [5.41, 5.74) is 6.74. The molecule has 1 fully saturated rings. The van der Waals surface area contributed by atoms with Crippen LogP contribution in [0.2, 0.25) is 0 Å². The standard InChI is InChI=1S/C15H15F3N2S/c16-15(17,18)11-5-3-10(4-6-11)12-9-21-13(20-12)14(19)7-1-2-8-14/h3-6,9H,1-2,7-8,19H2. The molecule has 2 N–H and O–H groups in total. The van der Waals surface area contributed by atoms with Crippen molar-refractivity contribution in [1.29, 1.82) is 0 Å². The zero-order chi connectivity index (χ0) is 15.1. The Morgan fingerprint density at radius 2 is 1.71 bits per heavy atom. The predicted molar refractivity (Wildman–Crippen MR) is 76.9 cm³/mol. The third-order valence-electron chi connectivity index (χ3n) is 3.93. The first-order valence-corrected chi connectivity index (χ1v) is 7.69. The molecule has 0 atom stereocenters. The number of hydrogen-bond donors (Lipinski definition) is 1. The lowest BCUT2D eigenvalue weighted by Gasteiger charge is -2.19. The number of thiazole rings is 1. The predicted octanol–water partition coefficient (Wildman–Crippen LogP) is 4.56. The van der Waals surface area contributed by atoms with Gasteiger partial charge in [0, 0.05) is 10.9 Å². The number of rotatable bonds is 2. The maximum atomic E-state index is 12.6. The lowest BCUT2D eigenvalue weighted by molar-refractivity contribution is -0.137. The summed E-state index contributed by atoms with van der Waals surface area (Å²) < 4.78 is 37.7. The topological polar surface area (TPSA) is 38.9 Å². The molecule has 1 heterocycles. The molecule has 3 rings (SSSR count). The number of nitrogens with two attached hydrogens (primary N) is 1.